The van der Waals surface area contributed by atoms with Crippen molar-refractivity contribution < 1.29 is 14.0 Å². The molecule has 9 heteroatoms. The summed E-state index contributed by atoms with van der Waals surface area (Å²) in [6.45, 7) is 1.03. The highest BCUT2D eigenvalue weighted by atomic mass is 19.1. The molecule has 0 atom stereocenters. The highest BCUT2D eigenvalue weighted by molar-refractivity contribution is 5.91. The van der Waals surface area contributed by atoms with Gasteiger partial charge in [0.15, 0.2) is 0 Å². The summed E-state index contributed by atoms with van der Waals surface area (Å²) in [4.78, 5) is 31.7. The summed E-state index contributed by atoms with van der Waals surface area (Å²) in [7, 11) is 0. The number of nitrogens with zero attached hydrogens (tertiary/aromatic N) is 4. The molecule has 0 bridgehead atoms. The lowest BCUT2D eigenvalue weighted by molar-refractivity contribution is 0.0696. The predicted molar refractivity (Wildman–Crippen MR) is 121 cm³/mol. The SMILES string of the molecule is O=C(Nc1ccc(F)cc1)NC1CCN(C(=O)c2nc(C3CC3)n(-c3ccccc3)n2)CC1. The third-order valence-electron chi connectivity index (χ3n) is 5.99. The number of benzene rings is 2. The first-order valence-corrected chi connectivity index (χ1v) is 11.2. The number of halogens is 1. The lowest BCUT2D eigenvalue weighted by Crippen LogP contribution is -2.47. The van der Waals surface area contributed by atoms with Gasteiger partial charge in [0, 0.05) is 30.7 Å². The molecule has 2 N–H and O–H groups in total. The Balaban J connectivity index is 1.19. The molecule has 2 heterocycles. The van der Waals surface area contributed by atoms with Crippen molar-refractivity contribution in [1.82, 2.24) is 25.0 Å². The summed E-state index contributed by atoms with van der Waals surface area (Å²) >= 11 is 0. The Morgan fingerprint density at radius 1 is 0.939 bits per heavy atom. The van der Waals surface area contributed by atoms with Gasteiger partial charge in [0.2, 0.25) is 5.82 Å². The summed E-state index contributed by atoms with van der Waals surface area (Å²) in [5.74, 6) is 0.889. The van der Waals surface area contributed by atoms with Gasteiger partial charge in [-0.25, -0.2) is 18.9 Å². The number of para-hydroxylation sites is 1. The molecule has 2 aromatic carbocycles. The van der Waals surface area contributed by atoms with E-state index in [0.29, 0.717) is 37.5 Å². The van der Waals surface area contributed by atoms with Crippen LogP contribution in [0.2, 0.25) is 0 Å². The van der Waals surface area contributed by atoms with Gasteiger partial charge in [0.05, 0.1) is 5.69 Å². The molecule has 1 aliphatic heterocycles. The molecule has 1 aliphatic carbocycles. The van der Waals surface area contributed by atoms with Crippen LogP contribution in [0.4, 0.5) is 14.9 Å². The summed E-state index contributed by atoms with van der Waals surface area (Å²) in [5, 5.41) is 10.2. The number of nitrogens with one attached hydrogen (secondary N) is 2. The van der Waals surface area contributed by atoms with Crippen molar-refractivity contribution in [3.63, 3.8) is 0 Å². The summed E-state index contributed by atoms with van der Waals surface area (Å²) in [6.07, 6.45) is 3.40. The Morgan fingerprint density at radius 3 is 2.30 bits per heavy atom. The van der Waals surface area contributed by atoms with Gasteiger partial charge in [-0.05, 0) is 62.1 Å². The molecule has 170 valence electrons. The number of urea groups is 1. The van der Waals surface area contributed by atoms with Gasteiger partial charge < -0.3 is 15.5 Å². The van der Waals surface area contributed by atoms with Crippen molar-refractivity contribution >= 4 is 17.6 Å². The van der Waals surface area contributed by atoms with Crippen molar-refractivity contribution in [3.8, 4) is 5.69 Å². The molecule has 1 aromatic heterocycles. The van der Waals surface area contributed by atoms with Crippen molar-refractivity contribution in [2.24, 2.45) is 0 Å². The van der Waals surface area contributed by atoms with E-state index in [0.717, 1.165) is 24.4 Å². The first kappa shape index (κ1) is 21.1. The van der Waals surface area contributed by atoms with Gasteiger partial charge in [-0.2, -0.15) is 0 Å². The van der Waals surface area contributed by atoms with Gasteiger partial charge in [0.25, 0.3) is 5.91 Å². The molecular weight excluding hydrogens is 423 g/mol. The van der Waals surface area contributed by atoms with Crippen LogP contribution in [0.15, 0.2) is 54.6 Å². The molecule has 8 nitrogen and oxygen atoms in total. The molecule has 2 aliphatic rings. The molecule has 3 aromatic rings. The van der Waals surface area contributed by atoms with Crippen LogP contribution < -0.4 is 10.6 Å². The zero-order valence-corrected chi connectivity index (χ0v) is 18.1. The van der Waals surface area contributed by atoms with Gasteiger partial charge in [-0.1, -0.05) is 18.2 Å². The third-order valence-corrected chi connectivity index (χ3v) is 5.99. The van der Waals surface area contributed by atoms with Crippen molar-refractivity contribution in [2.45, 2.75) is 37.6 Å². The minimum absolute atomic E-state index is 0.0497. The lowest BCUT2D eigenvalue weighted by Gasteiger charge is -2.31. The summed E-state index contributed by atoms with van der Waals surface area (Å²) in [6, 6.07) is 15.0. The first-order valence-electron chi connectivity index (χ1n) is 11.2. The van der Waals surface area contributed by atoms with Crippen LogP contribution in [0, 0.1) is 5.82 Å². The number of amides is 3. The second-order valence-corrected chi connectivity index (χ2v) is 8.49. The maximum Gasteiger partial charge on any atom is 0.319 e. The van der Waals surface area contributed by atoms with Crippen LogP contribution in [0.1, 0.15) is 48.0 Å². The van der Waals surface area contributed by atoms with Crippen LogP contribution in [-0.4, -0.2) is 50.7 Å². The van der Waals surface area contributed by atoms with E-state index in [9.17, 15) is 14.0 Å². The zero-order valence-electron chi connectivity index (χ0n) is 18.1. The molecule has 0 unspecified atom stereocenters. The first-order chi connectivity index (χ1) is 16.1. The fourth-order valence-corrected chi connectivity index (χ4v) is 4.03. The molecule has 5 rings (SSSR count). The number of carbonyl (C=O) groups excluding carboxylic acids is 2. The van der Waals surface area contributed by atoms with Crippen LogP contribution in [0.5, 0.6) is 0 Å². The van der Waals surface area contributed by atoms with Crippen molar-refractivity contribution in [1.29, 1.82) is 0 Å². The molecule has 1 saturated heterocycles. The quantitative estimate of drug-likeness (QED) is 0.622. The Hall–Kier alpha value is -3.75. The topological polar surface area (TPSA) is 92.2 Å². The zero-order chi connectivity index (χ0) is 22.8. The Morgan fingerprint density at radius 2 is 1.64 bits per heavy atom. The minimum Gasteiger partial charge on any atom is -0.336 e. The number of hydrogen-bond acceptors (Lipinski definition) is 4. The van der Waals surface area contributed by atoms with Gasteiger partial charge in [0.1, 0.15) is 11.6 Å². The average Bonchev–Trinajstić information content (AvgIpc) is 3.59. The molecule has 33 heavy (non-hydrogen) atoms. The van der Waals surface area contributed by atoms with Crippen molar-refractivity contribution in [2.75, 3.05) is 18.4 Å². The Kier molecular flexibility index (Phi) is 5.77. The second kappa shape index (κ2) is 9.01. The van der Waals surface area contributed by atoms with Gasteiger partial charge in [-0.3, -0.25) is 4.79 Å². The number of hydrogen-bond donors (Lipinski definition) is 2. The number of anilines is 1. The van der Waals surface area contributed by atoms with Crippen LogP contribution in [0.25, 0.3) is 5.69 Å². The maximum atomic E-state index is 13.1. The van der Waals surface area contributed by atoms with Crippen LogP contribution in [-0.2, 0) is 0 Å². The Labute approximate surface area is 190 Å². The monoisotopic (exact) mass is 448 g/mol. The Bertz CT molecular complexity index is 1140. The van der Waals surface area contributed by atoms with E-state index < -0.39 is 0 Å². The van der Waals surface area contributed by atoms with Crippen LogP contribution >= 0.6 is 0 Å². The number of rotatable bonds is 5. The highest BCUT2D eigenvalue weighted by Crippen LogP contribution is 2.39. The van der Waals surface area contributed by atoms with E-state index in [1.54, 1.807) is 9.58 Å². The van der Waals surface area contributed by atoms with E-state index in [2.05, 4.69) is 20.7 Å². The largest absolute Gasteiger partial charge is 0.336 e. The fraction of sp³-hybridized carbons (Fsp3) is 0.333. The lowest BCUT2D eigenvalue weighted by atomic mass is 10.1. The maximum absolute atomic E-state index is 13.1. The molecule has 1 saturated carbocycles. The van der Waals surface area contributed by atoms with Gasteiger partial charge >= 0.3 is 6.03 Å². The standard InChI is InChI=1S/C24H25FN6O2/c25-17-8-10-18(11-9-17)26-24(33)27-19-12-14-30(15-13-19)23(32)21-28-22(16-6-7-16)31(29-21)20-4-2-1-3-5-20/h1-5,8-11,16,19H,6-7,12-15H2,(H2,26,27,33). The molecule has 0 spiro atoms. The normalized spacial score (nSPS) is 16.5. The van der Waals surface area contributed by atoms with E-state index in [1.807, 2.05) is 30.3 Å². The number of piperidine rings is 1. The fourth-order valence-electron chi connectivity index (χ4n) is 4.03. The third kappa shape index (κ3) is 4.87. The van der Waals surface area contributed by atoms with E-state index in [1.165, 1.54) is 24.3 Å². The van der Waals surface area contributed by atoms with Crippen molar-refractivity contribution in [3.05, 3.63) is 72.1 Å². The van der Waals surface area contributed by atoms with E-state index in [4.69, 9.17) is 0 Å². The molecule has 0 radical (unpaired) electrons. The van der Waals surface area contributed by atoms with E-state index >= 15 is 0 Å². The molecule has 2 fully saturated rings. The summed E-state index contributed by atoms with van der Waals surface area (Å²) < 4.78 is 14.8. The predicted octanol–water partition coefficient (Wildman–Crippen LogP) is 3.71. The molecule has 3 amide bonds. The summed E-state index contributed by atoms with van der Waals surface area (Å²) in [5.41, 5.74) is 1.43. The van der Waals surface area contributed by atoms with Crippen LogP contribution in [0.3, 0.4) is 0 Å². The smallest absolute Gasteiger partial charge is 0.319 e. The number of likely N-dealkylation sites (tertiary alicyclic amines) is 1. The molecular formula is C24H25FN6O2. The van der Waals surface area contributed by atoms with E-state index in [-0.39, 0.29) is 29.6 Å². The average molecular weight is 449 g/mol. The van der Waals surface area contributed by atoms with Gasteiger partial charge in [-0.15, -0.1) is 5.10 Å². The highest BCUT2D eigenvalue weighted by Gasteiger charge is 2.33. The number of carbonyl (C=O) groups is 2. The number of aromatic nitrogens is 3. The second-order valence-electron chi connectivity index (χ2n) is 8.49. The minimum atomic E-state index is -0.356.